The van der Waals surface area contributed by atoms with Crippen molar-refractivity contribution in [1.29, 1.82) is 0 Å². The number of piperidine rings is 1. The van der Waals surface area contributed by atoms with Crippen molar-refractivity contribution >= 4 is 24.4 Å². The van der Waals surface area contributed by atoms with E-state index in [-0.39, 0.29) is 24.1 Å². The molecule has 0 saturated carbocycles. The second-order valence-electron chi connectivity index (χ2n) is 5.30. The Labute approximate surface area is 131 Å². The lowest BCUT2D eigenvalue weighted by atomic mass is 9.99. The molecule has 1 aliphatic heterocycles. The van der Waals surface area contributed by atoms with Gasteiger partial charge in [-0.2, -0.15) is 0 Å². The Kier molecular flexibility index (Phi) is 7.40. The lowest BCUT2D eigenvalue weighted by molar-refractivity contribution is -0.117. The first-order chi connectivity index (χ1) is 9.65. The lowest BCUT2D eigenvalue weighted by Gasteiger charge is -2.22. The number of carbonyl (C=O) groups excluding carboxylic acids is 1. The maximum absolute atomic E-state index is 12.8. The van der Waals surface area contributed by atoms with Gasteiger partial charge in [0, 0.05) is 12.1 Å². The molecule has 0 aromatic heterocycles. The van der Waals surface area contributed by atoms with Gasteiger partial charge in [0.2, 0.25) is 5.91 Å². The van der Waals surface area contributed by atoms with Gasteiger partial charge in [0.1, 0.15) is 5.82 Å². The van der Waals surface area contributed by atoms with Crippen LogP contribution >= 0.6 is 12.4 Å². The Morgan fingerprint density at radius 2 is 2.14 bits per heavy atom. The predicted molar refractivity (Wildman–Crippen MR) is 85.9 cm³/mol. The quantitative estimate of drug-likeness (QED) is 0.839. The minimum absolute atomic E-state index is 0. The van der Waals surface area contributed by atoms with Gasteiger partial charge in [0.05, 0.1) is 0 Å². The summed E-state index contributed by atoms with van der Waals surface area (Å²) < 4.78 is 12.8. The average molecular weight is 313 g/mol. The van der Waals surface area contributed by atoms with E-state index in [4.69, 9.17) is 0 Å². The Balaban J connectivity index is 0.00000220. The monoisotopic (exact) mass is 312 g/mol. The number of hydrogen-bond donors (Lipinski definition) is 2. The van der Waals surface area contributed by atoms with Crippen molar-refractivity contribution in [3.8, 4) is 0 Å². The van der Waals surface area contributed by atoms with Gasteiger partial charge in [0.25, 0.3) is 0 Å². The number of nitrogens with one attached hydrogen (secondary N) is 2. The largest absolute Gasteiger partial charge is 0.352 e. The number of rotatable bonds is 4. The molecule has 1 fully saturated rings. The average Bonchev–Trinajstić information content (AvgIpc) is 2.48. The fraction of sp³-hybridized carbons (Fsp3) is 0.438. The van der Waals surface area contributed by atoms with Crippen LogP contribution in [0.15, 0.2) is 29.8 Å². The van der Waals surface area contributed by atoms with E-state index in [0.29, 0.717) is 18.0 Å². The molecule has 0 radical (unpaired) electrons. The molecule has 0 aliphatic carbocycles. The second-order valence-corrected chi connectivity index (χ2v) is 5.30. The van der Waals surface area contributed by atoms with Gasteiger partial charge >= 0.3 is 0 Å². The molecule has 0 bridgehead atoms. The molecule has 3 nitrogen and oxygen atoms in total. The molecule has 5 heteroatoms. The van der Waals surface area contributed by atoms with Crippen molar-refractivity contribution in [1.82, 2.24) is 10.6 Å². The van der Waals surface area contributed by atoms with Crippen molar-refractivity contribution in [2.24, 2.45) is 5.92 Å². The van der Waals surface area contributed by atoms with Gasteiger partial charge in [-0.15, -0.1) is 12.4 Å². The zero-order chi connectivity index (χ0) is 14.4. The number of carbonyl (C=O) groups is 1. The summed E-state index contributed by atoms with van der Waals surface area (Å²) in [5, 5.41) is 6.29. The first kappa shape index (κ1) is 17.7. The number of benzene rings is 1. The number of halogens is 2. The minimum Gasteiger partial charge on any atom is -0.352 e. The highest BCUT2D eigenvalue weighted by atomic mass is 35.5. The van der Waals surface area contributed by atoms with Crippen molar-refractivity contribution < 1.29 is 9.18 Å². The Morgan fingerprint density at radius 3 is 2.76 bits per heavy atom. The summed E-state index contributed by atoms with van der Waals surface area (Å²) in [5.74, 6) is 0.195. The molecule has 1 amide bonds. The van der Waals surface area contributed by atoms with E-state index in [1.54, 1.807) is 25.1 Å². The molecule has 1 aromatic carbocycles. The van der Waals surface area contributed by atoms with Crippen LogP contribution in [0.25, 0.3) is 6.08 Å². The predicted octanol–water partition coefficient (Wildman–Crippen LogP) is 2.77. The van der Waals surface area contributed by atoms with E-state index < -0.39 is 0 Å². The topological polar surface area (TPSA) is 41.1 Å². The lowest BCUT2D eigenvalue weighted by Crippen LogP contribution is -2.38. The van der Waals surface area contributed by atoms with Crippen LogP contribution in [0.2, 0.25) is 0 Å². The summed E-state index contributed by atoms with van der Waals surface area (Å²) in [6.45, 7) is 4.53. The highest BCUT2D eigenvalue weighted by Gasteiger charge is 2.14. The van der Waals surface area contributed by atoms with E-state index in [0.717, 1.165) is 25.1 Å². The number of amides is 1. The Bertz CT molecular complexity index is 482. The summed E-state index contributed by atoms with van der Waals surface area (Å²) in [5.41, 5.74) is 1.47. The molecule has 116 valence electrons. The number of hydrogen-bond acceptors (Lipinski definition) is 2. The van der Waals surface area contributed by atoms with E-state index in [1.165, 1.54) is 18.6 Å². The highest BCUT2D eigenvalue weighted by Crippen LogP contribution is 2.10. The first-order valence-corrected chi connectivity index (χ1v) is 7.08. The van der Waals surface area contributed by atoms with E-state index in [2.05, 4.69) is 10.6 Å². The molecule has 1 saturated heterocycles. The molecular formula is C16H22ClFN2O. The van der Waals surface area contributed by atoms with Crippen LogP contribution in [-0.2, 0) is 4.79 Å². The molecule has 1 atom stereocenters. The van der Waals surface area contributed by atoms with E-state index in [9.17, 15) is 9.18 Å². The van der Waals surface area contributed by atoms with Gasteiger partial charge in [-0.3, -0.25) is 4.79 Å². The van der Waals surface area contributed by atoms with Crippen LogP contribution < -0.4 is 10.6 Å². The molecule has 1 aromatic rings. The molecule has 0 spiro atoms. The molecular weight excluding hydrogens is 291 g/mol. The molecule has 2 rings (SSSR count). The van der Waals surface area contributed by atoms with Crippen LogP contribution in [0, 0.1) is 11.7 Å². The molecule has 1 aliphatic rings. The fourth-order valence-electron chi connectivity index (χ4n) is 2.35. The van der Waals surface area contributed by atoms with Gasteiger partial charge in [0.15, 0.2) is 0 Å². The zero-order valence-corrected chi connectivity index (χ0v) is 13.0. The summed E-state index contributed by atoms with van der Waals surface area (Å²) in [4.78, 5) is 12.0. The van der Waals surface area contributed by atoms with Crippen molar-refractivity contribution in [2.45, 2.75) is 19.8 Å². The third-order valence-corrected chi connectivity index (χ3v) is 3.56. The van der Waals surface area contributed by atoms with Gasteiger partial charge in [-0.25, -0.2) is 4.39 Å². The summed E-state index contributed by atoms with van der Waals surface area (Å²) in [6, 6.07) is 6.11. The molecule has 2 N–H and O–H groups in total. The van der Waals surface area contributed by atoms with Gasteiger partial charge in [-0.1, -0.05) is 12.1 Å². The fourth-order valence-corrected chi connectivity index (χ4v) is 2.35. The Hall–Kier alpha value is -1.39. The van der Waals surface area contributed by atoms with Gasteiger partial charge < -0.3 is 10.6 Å². The van der Waals surface area contributed by atoms with Gasteiger partial charge in [-0.05, 0) is 62.5 Å². The SMILES string of the molecule is C/C(=C/c1ccc(F)cc1)C(=O)NCC1CCCNC1.Cl. The molecule has 1 heterocycles. The highest BCUT2D eigenvalue weighted by molar-refractivity contribution is 5.97. The minimum atomic E-state index is -0.269. The summed E-state index contributed by atoms with van der Waals surface area (Å²) in [6.07, 6.45) is 4.10. The smallest absolute Gasteiger partial charge is 0.246 e. The van der Waals surface area contributed by atoms with Crippen LogP contribution in [0.5, 0.6) is 0 Å². The maximum atomic E-state index is 12.8. The second kappa shape index (κ2) is 8.80. The standard InChI is InChI=1S/C16H21FN2O.ClH/c1-12(9-13-4-6-15(17)7-5-13)16(20)19-11-14-3-2-8-18-10-14;/h4-7,9,14,18H,2-3,8,10-11H2,1H3,(H,19,20);1H/b12-9-;. The Morgan fingerprint density at radius 1 is 1.43 bits per heavy atom. The maximum Gasteiger partial charge on any atom is 0.246 e. The third-order valence-electron chi connectivity index (χ3n) is 3.56. The summed E-state index contributed by atoms with van der Waals surface area (Å²) in [7, 11) is 0. The zero-order valence-electron chi connectivity index (χ0n) is 12.2. The first-order valence-electron chi connectivity index (χ1n) is 7.08. The van der Waals surface area contributed by atoms with Crippen molar-refractivity contribution in [3.63, 3.8) is 0 Å². The van der Waals surface area contributed by atoms with E-state index in [1.807, 2.05) is 0 Å². The van der Waals surface area contributed by atoms with Crippen molar-refractivity contribution in [2.75, 3.05) is 19.6 Å². The third kappa shape index (κ3) is 5.86. The van der Waals surface area contributed by atoms with E-state index >= 15 is 0 Å². The van der Waals surface area contributed by atoms with Crippen LogP contribution in [0.4, 0.5) is 4.39 Å². The molecule has 21 heavy (non-hydrogen) atoms. The van der Waals surface area contributed by atoms with Crippen molar-refractivity contribution in [3.05, 3.63) is 41.2 Å². The summed E-state index contributed by atoms with van der Waals surface area (Å²) >= 11 is 0. The normalized spacial score (nSPS) is 18.8. The van der Waals surface area contributed by atoms with Crippen LogP contribution in [0.1, 0.15) is 25.3 Å². The molecule has 1 unspecified atom stereocenters. The van der Waals surface area contributed by atoms with Crippen LogP contribution in [0.3, 0.4) is 0 Å². The van der Waals surface area contributed by atoms with Crippen LogP contribution in [-0.4, -0.2) is 25.5 Å².